The van der Waals surface area contributed by atoms with E-state index in [4.69, 9.17) is 0 Å². The lowest BCUT2D eigenvalue weighted by Gasteiger charge is -2.03. The van der Waals surface area contributed by atoms with Crippen LogP contribution in [0, 0.1) is 0 Å². The average Bonchev–Trinajstić information content (AvgIpc) is 2.96. The topological polar surface area (TPSA) is 42.7 Å². The molecule has 108 valence electrons. The number of nitrogens with one attached hydrogen (secondary N) is 1. The van der Waals surface area contributed by atoms with Gasteiger partial charge in [-0.2, -0.15) is 0 Å². The Labute approximate surface area is 132 Å². The van der Waals surface area contributed by atoms with Gasteiger partial charge in [-0.3, -0.25) is 0 Å². The van der Waals surface area contributed by atoms with Gasteiger partial charge in [0.2, 0.25) is 0 Å². The summed E-state index contributed by atoms with van der Waals surface area (Å²) in [6.07, 6.45) is 3.09. The molecule has 0 aliphatic heterocycles. The van der Waals surface area contributed by atoms with Gasteiger partial charge in [-0.25, -0.2) is 4.68 Å². The van der Waals surface area contributed by atoms with E-state index in [0.717, 1.165) is 35.4 Å². The van der Waals surface area contributed by atoms with Crippen molar-refractivity contribution in [3.8, 4) is 5.69 Å². The van der Waals surface area contributed by atoms with Crippen LogP contribution < -0.4 is 5.32 Å². The molecular formula is C16H17BrN4. The fraction of sp³-hybridized carbons (Fsp3) is 0.250. The summed E-state index contributed by atoms with van der Waals surface area (Å²) in [4.78, 5) is 0. The Balaban J connectivity index is 1.84. The van der Waals surface area contributed by atoms with E-state index in [1.807, 2.05) is 16.9 Å². The Kier molecular flexibility index (Phi) is 4.31. The highest BCUT2D eigenvalue weighted by atomic mass is 79.9. The smallest absolute Gasteiger partial charge is 0.0969 e. The van der Waals surface area contributed by atoms with Crippen molar-refractivity contribution in [2.24, 2.45) is 0 Å². The van der Waals surface area contributed by atoms with Crippen LogP contribution in [-0.2, 0) is 6.54 Å². The minimum absolute atomic E-state index is 0.758. The lowest BCUT2D eigenvalue weighted by Crippen LogP contribution is -2.13. The third kappa shape index (κ3) is 3.31. The lowest BCUT2D eigenvalue weighted by molar-refractivity contribution is 0.662. The minimum Gasteiger partial charge on any atom is -0.311 e. The van der Waals surface area contributed by atoms with E-state index in [9.17, 15) is 0 Å². The Hall–Kier alpha value is -1.72. The predicted molar refractivity (Wildman–Crippen MR) is 88.6 cm³/mol. The molecular weight excluding hydrogens is 328 g/mol. The van der Waals surface area contributed by atoms with E-state index < -0.39 is 0 Å². The van der Waals surface area contributed by atoms with Crippen molar-refractivity contribution in [2.45, 2.75) is 19.9 Å². The molecule has 1 N–H and O–H groups in total. The molecule has 0 bridgehead atoms. The Morgan fingerprint density at radius 2 is 1.95 bits per heavy atom. The third-order valence-electron chi connectivity index (χ3n) is 3.32. The summed E-state index contributed by atoms with van der Waals surface area (Å²) < 4.78 is 2.91. The van der Waals surface area contributed by atoms with Gasteiger partial charge in [-0.15, -0.1) is 5.10 Å². The van der Waals surface area contributed by atoms with Gasteiger partial charge >= 0.3 is 0 Å². The summed E-state index contributed by atoms with van der Waals surface area (Å²) >= 11 is 3.49. The molecule has 0 aliphatic carbocycles. The largest absolute Gasteiger partial charge is 0.311 e. The van der Waals surface area contributed by atoms with Crippen LogP contribution in [0.4, 0.5) is 0 Å². The van der Waals surface area contributed by atoms with Crippen LogP contribution in [0.5, 0.6) is 0 Å². The van der Waals surface area contributed by atoms with Crippen LogP contribution in [0.15, 0.2) is 47.1 Å². The maximum atomic E-state index is 4.21. The fourth-order valence-electron chi connectivity index (χ4n) is 2.25. The zero-order valence-electron chi connectivity index (χ0n) is 11.9. The van der Waals surface area contributed by atoms with E-state index in [1.165, 1.54) is 10.8 Å². The second kappa shape index (κ2) is 6.37. The van der Waals surface area contributed by atoms with Gasteiger partial charge < -0.3 is 5.32 Å². The van der Waals surface area contributed by atoms with Gasteiger partial charge in [0.05, 0.1) is 17.6 Å². The highest BCUT2D eigenvalue weighted by Gasteiger charge is 2.04. The highest BCUT2D eigenvalue weighted by molar-refractivity contribution is 9.10. The van der Waals surface area contributed by atoms with Gasteiger partial charge in [0.15, 0.2) is 0 Å². The molecule has 1 aromatic heterocycles. The first kappa shape index (κ1) is 14.2. The molecule has 0 radical (unpaired) electrons. The second-order valence-corrected chi connectivity index (χ2v) is 5.92. The van der Waals surface area contributed by atoms with Crippen LogP contribution in [0.25, 0.3) is 16.5 Å². The van der Waals surface area contributed by atoms with Gasteiger partial charge in [-0.1, -0.05) is 40.2 Å². The van der Waals surface area contributed by atoms with Crippen LogP contribution in [-0.4, -0.2) is 21.5 Å². The number of benzene rings is 2. The van der Waals surface area contributed by atoms with Crippen molar-refractivity contribution < 1.29 is 0 Å². The molecule has 1 heterocycles. The molecule has 5 heteroatoms. The molecule has 0 saturated heterocycles. The summed E-state index contributed by atoms with van der Waals surface area (Å²) in [5.41, 5.74) is 1.98. The van der Waals surface area contributed by atoms with E-state index in [2.05, 4.69) is 68.8 Å². The standard InChI is InChI=1S/C16H17BrN4/c1-2-7-18-10-15-11-21(20-19-15)16-6-4-12-8-14(17)5-3-13(12)9-16/h3-6,8-9,11,18H,2,7,10H2,1H3. The zero-order chi connectivity index (χ0) is 14.7. The van der Waals surface area contributed by atoms with Crippen molar-refractivity contribution in [2.75, 3.05) is 6.54 Å². The highest BCUT2D eigenvalue weighted by Crippen LogP contribution is 2.22. The second-order valence-electron chi connectivity index (χ2n) is 5.01. The first-order valence-corrected chi connectivity index (χ1v) is 7.87. The molecule has 0 atom stereocenters. The van der Waals surface area contributed by atoms with E-state index in [-0.39, 0.29) is 0 Å². The average molecular weight is 345 g/mol. The number of rotatable bonds is 5. The monoisotopic (exact) mass is 344 g/mol. The van der Waals surface area contributed by atoms with E-state index in [1.54, 1.807) is 0 Å². The first-order chi connectivity index (χ1) is 10.3. The van der Waals surface area contributed by atoms with Crippen molar-refractivity contribution in [3.05, 3.63) is 52.8 Å². The van der Waals surface area contributed by atoms with Gasteiger partial charge in [0.25, 0.3) is 0 Å². The zero-order valence-corrected chi connectivity index (χ0v) is 13.5. The van der Waals surface area contributed by atoms with Crippen LogP contribution in [0.2, 0.25) is 0 Å². The van der Waals surface area contributed by atoms with Crippen molar-refractivity contribution in [1.29, 1.82) is 0 Å². The molecule has 0 aliphatic rings. The van der Waals surface area contributed by atoms with Gasteiger partial charge in [0, 0.05) is 11.0 Å². The fourth-order valence-corrected chi connectivity index (χ4v) is 2.62. The first-order valence-electron chi connectivity index (χ1n) is 7.08. The maximum Gasteiger partial charge on any atom is 0.0969 e. The summed E-state index contributed by atoms with van der Waals surface area (Å²) in [5, 5.41) is 14.1. The molecule has 21 heavy (non-hydrogen) atoms. The molecule has 0 fully saturated rings. The SMILES string of the molecule is CCCNCc1cn(-c2ccc3cc(Br)ccc3c2)nn1. The molecule has 0 saturated carbocycles. The number of nitrogens with zero attached hydrogens (tertiary/aromatic N) is 3. The van der Waals surface area contributed by atoms with Crippen molar-refractivity contribution in [3.63, 3.8) is 0 Å². The number of aromatic nitrogens is 3. The summed E-state index contributed by atoms with van der Waals surface area (Å²) in [7, 11) is 0. The predicted octanol–water partition coefficient (Wildman–Crippen LogP) is 3.68. The van der Waals surface area contributed by atoms with Gasteiger partial charge in [-0.05, 0) is 48.0 Å². The third-order valence-corrected chi connectivity index (χ3v) is 3.82. The molecule has 0 amide bonds. The molecule has 2 aromatic carbocycles. The molecule has 0 unspecified atom stereocenters. The van der Waals surface area contributed by atoms with Gasteiger partial charge in [0.1, 0.15) is 0 Å². The Bertz CT molecular complexity index is 751. The van der Waals surface area contributed by atoms with Crippen molar-refractivity contribution in [1.82, 2.24) is 20.3 Å². The Morgan fingerprint density at radius 3 is 2.81 bits per heavy atom. The number of halogens is 1. The van der Waals surface area contributed by atoms with Crippen LogP contribution in [0.1, 0.15) is 19.0 Å². The van der Waals surface area contributed by atoms with Crippen LogP contribution in [0.3, 0.4) is 0 Å². The minimum atomic E-state index is 0.758. The normalized spacial score (nSPS) is 11.1. The molecule has 3 rings (SSSR count). The lowest BCUT2D eigenvalue weighted by atomic mass is 10.1. The maximum absolute atomic E-state index is 4.21. The molecule has 3 aromatic rings. The summed E-state index contributed by atoms with van der Waals surface area (Å²) in [5.74, 6) is 0. The van der Waals surface area contributed by atoms with Crippen LogP contribution >= 0.6 is 15.9 Å². The van der Waals surface area contributed by atoms with Crippen molar-refractivity contribution >= 4 is 26.7 Å². The van der Waals surface area contributed by atoms with E-state index >= 15 is 0 Å². The molecule has 4 nitrogen and oxygen atoms in total. The summed E-state index contributed by atoms with van der Waals surface area (Å²) in [6.45, 7) is 3.91. The Morgan fingerprint density at radius 1 is 1.14 bits per heavy atom. The quantitative estimate of drug-likeness (QED) is 0.718. The number of hydrogen-bond donors (Lipinski definition) is 1. The van der Waals surface area contributed by atoms with E-state index in [0.29, 0.717) is 0 Å². The summed E-state index contributed by atoms with van der Waals surface area (Å²) in [6, 6.07) is 12.6. The molecule has 0 spiro atoms. The number of hydrogen-bond acceptors (Lipinski definition) is 3. The number of fused-ring (bicyclic) bond motifs is 1.